The Balaban J connectivity index is 2.22. The summed E-state index contributed by atoms with van der Waals surface area (Å²) < 4.78 is 5.59. The van der Waals surface area contributed by atoms with Crippen LogP contribution in [-0.2, 0) is 16.1 Å². The third kappa shape index (κ3) is 7.46. The van der Waals surface area contributed by atoms with Gasteiger partial charge in [0.15, 0.2) is 6.61 Å². The molecule has 0 aliphatic carbocycles. The van der Waals surface area contributed by atoms with Gasteiger partial charge in [-0.05, 0) is 56.2 Å². The molecule has 0 aromatic heterocycles. The number of nitrogens with zero attached hydrogens (tertiary/aromatic N) is 1. The molecule has 0 heterocycles. The van der Waals surface area contributed by atoms with Crippen molar-refractivity contribution in [2.45, 2.75) is 45.8 Å². The topological polar surface area (TPSA) is 58.6 Å². The van der Waals surface area contributed by atoms with Gasteiger partial charge in [-0.15, -0.1) is 0 Å². The smallest absolute Gasteiger partial charge is 0.261 e. The van der Waals surface area contributed by atoms with E-state index >= 15 is 0 Å². The van der Waals surface area contributed by atoms with Crippen LogP contribution >= 0.6 is 46.4 Å². The van der Waals surface area contributed by atoms with Gasteiger partial charge in [0.1, 0.15) is 11.8 Å². The van der Waals surface area contributed by atoms with Crippen LogP contribution in [-0.4, -0.2) is 35.4 Å². The van der Waals surface area contributed by atoms with Crippen LogP contribution in [0.2, 0.25) is 20.1 Å². The highest BCUT2D eigenvalue weighted by Crippen LogP contribution is 2.28. The van der Waals surface area contributed by atoms with Crippen LogP contribution in [0.25, 0.3) is 0 Å². The highest BCUT2D eigenvalue weighted by atomic mass is 35.5. The molecule has 0 saturated heterocycles. The number of rotatable bonds is 9. The van der Waals surface area contributed by atoms with Crippen LogP contribution < -0.4 is 10.1 Å². The number of amides is 2. The molecule has 168 valence electrons. The second-order valence-corrected chi connectivity index (χ2v) is 8.80. The second kappa shape index (κ2) is 11.8. The molecule has 2 amide bonds. The molecule has 1 N–H and O–H groups in total. The molecule has 0 aliphatic rings. The Morgan fingerprint density at radius 3 is 2.19 bits per heavy atom. The van der Waals surface area contributed by atoms with Crippen molar-refractivity contribution >= 4 is 58.2 Å². The van der Waals surface area contributed by atoms with Gasteiger partial charge < -0.3 is 15.0 Å². The van der Waals surface area contributed by atoms with E-state index in [2.05, 4.69) is 5.32 Å². The average Bonchev–Trinajstić information content (AvgIpc) is 2.71. The van der Waals surface area contributed by atoms with Crippen molar-refractivity contribution < 1.29 is 14.3 Å². The van der Waals surface area contributed by atoms with Gasteiger partial charge in [-0.3, -0.25) is 9.59 Å². The molecule has 2 atom stereocenters. The van der Waals surface area contributed by atoms with Crippen LogP contribution in [0.4, 0.5) is 0 Å². The fraction of sp³-hybridized carbons (Fsp3) is 0.364. The normalized spacial score (nSPS) is 12.7. The Morgan fingerprint density at radius 1 is 1.00 bits per heavy atom. The first-order valence-corrected chi connectivity index (χ1v) is 11.2. The van der Waals surface area contributed by atoms with Crippen LogP contribution in [0.1, 0.15) is 32.8 Å². The van der Waals surface area contributed by atoms with Crippen LogP contribution in [0.5, 0.6) is 5.75 Å². The molecular formula is C22H24Cl4N2O3. The lowest BCUT2D eigenvalue weighted by molar-refractivity contribution is -0.142. The number of carbonyl (C=O) groups excluding carboxylic acids is 2. The fourth-order valence-electron chi connectivity index (χ4n) is 2.70. The third-order valence-electron chi connectivity index (χ3n) is 4.77. The minimum Gasteiger partial charge on any atom is -0.482 e. The van der Waals surface area contributed by atoms with Gasteiger partial charge in [-0.2, -0.15) is 0 Å². The number of halogens is 4. The van der Waals surface area contributed by atoms with Crippen molar-refractivity contribution in [3.8, 4) is 5.75 Å². The Labute approximate surface area is 202 Å². The molecule has 31 heavy (non-hydrogen) atoms. The third-order valence-corrected chi connectivity index (χ3v) is 5.89. The summed E-state index contributed by atoms with van der Waals surface area (Å²) in [5, 5.41) is 4.53. The highest BCUT2D eigenvalue weighted by Gasteiger charge is 2.28. The van der Waals surface area contributed by atoms with Gasteiger partial charge in [0.25, 0.3) is 5.91 Å². The molecule has 0 fully saturated rings. The molecule has 0 bridgehead atoms. The summed E-state index contributed by atoms with van der Waals surface area (Å²) in [6.07, 6.45) is 0.771. The molecular weight excluding hydrogens is 482 g/mol. The van der Waals surface area contributed by atoms with Crippen molar-refractivity contribution in [1.82, 2.24) is 10.2 Å². The van der Waals surface area contributed by atoms with E-state index in [4.69, 9.17) is 51.1 Å². The zero-order valence-electron chi connectivity index (χ0n) is 17.4. The van der Waals surface area contributed by atoms with Gasteiger partial charge in [0.2, 0.25) is 5.91 Å². The van der Waals surface area contributed by atoms with Gasteiger partial charge in [0, 0.05) is 27.7 Å². The molecule has 0 unspecified atom stereocenters. The predicted molar refractivity (Wildman–Crippen MR) is 126 cm³/mol. The second-order valence-electron chi connectivity index (χ2n) is 7.11. The molecule has 0 spiro atoms. The SMILES string of the molecule is CC[C@H](C)NC(=O)[C@H](C)N(Cc1ccc(Cl)cc1Cl)C(=O)COc1ccc(Cl)cc1Cl. The molecule has 2 rings (SSSR count). The Kier molecular flexibility index (Phi) is 9.76. The molecule has 0 radical (unpaired) electrons. The van der Waals surface area contributed by atoms with Gasteiger partial charge in [-0.1, -0.05) is 59.4 Å². The van der Waals surface area contributed by atoms with Crippen molar-refractivity contribution in [2.24, 2.45) is 0 Å². The van der Waals surface area contributed by atoms with Gasteiger partial charge in [-0.25, -0.2) is 0 Å². The standard InChI is InChI=1S/C22H24Cl4N2O3/c1-4-13(2)27-22(30)14(3)28(11-15-5-6-16(23)9-18(15)25)21(29)12-31-20-8-7-17(24)10-19(20)26/h5-10,13-14H,4,11-12H2,1-3H3,(H,27,30)/t13-,14-/m0/s1. The lowest BCUT2D eigenvalue weighted by Gasteiger charge is -2.30. The lowest BCUT2D eigenvalue weighted by atomic mass is 10.1. The summed E-state index contributed by atoms with van der Waals surface area (Å²) in [6.45, 7) is 5.33. The van der Waals surface area contributed by atoms with E-state index in [0.717, 1.165) is 6.42 Å². The summed E-state index contributed by atoms with van der Waals surface area (Å²) >= 11 is 24.3. The van der Waals surface area contributed by atoms with Crippen LogP contribution in [0, 0.1) is 0 Å². The van der Waals surface area contributed by atoms with Crippen LogP contribution in [0.3, 0.4) is 0 Å². The molecule has 5 nitrogen and oxygen atoms in total. The maximum absolute atomic E-state index is 13.1. The quantitative estimate of drug-likeness (QED) is 0.453. The van der Waals surface area contributed by atoms with E-state index in [9.17, 15) is 9.59 Å². The largest absolute Gasteiger partial charge is 0.482 e. The van der Waals surface area contributed by atoms with E-state index in [1.54, 1.807) is 37.3 Å². The number of carbonyl (C=O) groups is 2. The number of ether oxygens (including phenoxy) is 1. The summed E-state index contributed by atoms with van der Waals surface area (Å²) in [5.41, 5.74) is 0.659. The number of nitrogens with one attached hydrogen (secondary N) is 1. The molecule has 2 aromatic carbocycles. The lowest BCUT2D eigenvalue weighted by Crippen LogP contribution is -2.50. The van der Waals surface area contributed by atoms with E-state index < -0.39 is 11.9 Å². The maximum Gasteiger partial charge on any atom is 0.261 e. The van der Waals surface area contributed by atoms with Gasteiger partial charge >= 0.3 is 0 Å². The van der Waals surface area contributed by atoms with Gasteiger partial charge in [0.05, 0.1) is 5.02 Å². The monoisotopic (exact) mass is 504 g/mol. The first kappa shape index (κ1) is 25.6. The first-order chi connectivity index (χ1) is 14.6. The average molecular weight is 506 g/mol. The van der Waals surface area contributed by atoms with E-state index in [0.29, 0.717) is 26.4 Å². The predicted octanol–water partition coefficient (Wildman–Crippen LogP) is 6.01. The molecule has 0 aliphatic heterocycles. The summed E-state index contributed by atoms with van der Waals surface area (Å²) in [7, 11) is 0. The Bertz CT molecular complexity index is 939. The molecule has 0 saturated carbocycles. The van der Waals surface area contributed by atoms with E-state index in [1.165, 1.54) is 11.0 Å². The van der Waals surface area contributed by atoms with Crippen molar-refractivity contribution in [1.29, 1.82) is 0 Å². The Morgan fingerprint density at radius 2 is 1.61 bits per heavy atom. The zero-order valence-corrected chi connectivity index (χ0v) is 20.4. The minimum absolute atomic E-state index is 0.0184. The molecule has 9 heteroatoms. The summed E-state index contributed by atoms with van der Waals surface area (Å²) in [5.74, 6) is -0.346. The van der Waals surface area contributed by atoms with E-state index in [-0.39, 0.29) is 30.1 Å². The van der Waals surface area contributed by atoms with Crippen molar-refractivity contribution in [2.75, 3.05) is 6.61 Å². The highest BCUT2D eigenvalue weighted by molar-refractivity contribution is 6.35. The molecule has 2 aromatic rings. The number of hydrogen-bond donors (Lipinski definition) is 1. The first-order valence-electron chi connectivity index (χ1n) is 9.74. The Hall–Kier alpha value is -1.66. The van der Waals surface area contributed by atoms with Crippen molar-refractivity contribution in [3.05, 3.63) is 62.1 Å². The van der Waals surface area contributed by atoms with Crippen molar-refractivity contribution in [3.63, 3.8) is 0 Å². The zero-order chi connectivity index (χ0) is 23.1. The number of benzene rings is 2. The maximum atomic E-state index is 13.1. The van der Waals surface area contributed by atoms with Crippen LogP contribution in [0.15, 0.2) is 36.4 Å². The number of hydrogen-bond acceptors (Lipinski definition) is 3. The summed E-state index contributed by atoms with van der Waals surface area (Å²) in [6, 6.07) is 8.94. The minimum atomic E-state index is -0.752. The summed E-state index contributed by atoms with van der Waals surface area (Å²) in [4.78, 5) is 27.2. The van der Waals surface area contributed by atoms with E-state index in [1.807, 2.05) is 13.8 Å². The fourth-order valence-corrected chi connectivity index (χ4v) is 3.63.